The Morgan fingerprint density at radius 3 is 2.88 bits per heavy atom. The number of aldehydes is 1. The Balaban J connectivity index is 2.81. The second-order valence-corrected chi connectivity index (χ2v) is 3.32. The molecule has 0 fully saturated rings. The van der Waals surface area contributed by atoms with Crippen molar-refractivity contribution in [2.45, 2.75) is 6.42 Å². The van der Waals surface area contributed by atoms with Crippen molar-refractivity contribution in [1.82, 2.24) is 0 Å². The molecule has 1 aromatic carbocycles. The first-order chi connectivity index (χ1) is 7.67. The molecule has 0 radical (unpaired) electrons. The zero-order valence-corrected chi connectivity index (χ0v) is 9.38. The molecule has 1 aromatic rings. The number of ether oxygens (including phenoxy) is 1. The lowest BCUT2D eigenvalue weighted by Gasteiger charge is -1.96. The van der Waals surface area contributed by atoms with Crippen LogP contribution in [0.3, 0.4) is 0 Å². The summed E-state index contributed by atoms with van der Waals surface area (Å²) in [5, 5.41) is 0.391. The van der Waals surface area contributed by atoms with Gasteiger partial charge in [-0.15, -0.1) is 0 Å². The van der Waals surface area contributed by atoms with E-state index in [2.05, 4.69) is 16.6 Å². The average Bonchev–Trinajstić information content (AvgIpc) is 2.30. The van der Waals surface area contributed by atoms with Gasteiger partial charge >= 0.3 is 5.97 Å². The van der Waals surface area contributed by atoms with Crippen LogP contribution in [0.25, 0.3) is 0 Å². The van der Waals surface area contributed by atoms with Crippen molar-refractivity contribution in [2.24, 2.45) is 0 Å². The van der Waals surface area contributed by atoms with Crippen molar-refractivity contribution in [3.63, 3.8) is 0 Å². The van der Waals surface area contributed by atoms with Gasteiger partial charge in [-0.05, 0) is 12.1 Å². The van der Waals surface area contributed by atoms with Crippen LogP contribution in [0.2, 0.25) is 5.02 Å². The zero-order valence-electron chi connectivity index (χ0n) is 8.62. The van der Waals surface area contributed by atoms with E-state index in [0.29, 0.717) is 22.4 Å². The van der Waals surface area contributed by atoms with Gasteiger partial charge in [0.2, 0.25) is 0 Å². The summed E-state index contributed by atoms with van der Waals surface area (Å²) in [4.78, 5) is 21.2. The van der Waals surface area contributed by atoms with Gasteiger partial charge in [0.25, 0.3) is 0 Å². The molecular weight excluding hydrogens is 228 g/mol. The lowest BCUT2D eigenvalue weighted by atomic mass is 10.1. The van der Waals surface area contributed by atoms with Gasteiger partial charge in [-0.2, -0.15) is 0 Å². The summed E-state index contributed by atoms with van der Waals surface area (Å²) in [7, 11) is 1.30. The molecule has 16 heavy (non-hydrogen) atoms. The summed E-state index contributed by atoms with van der Waals surface area (Å²) in [5.41, 5.74) is 1.07. The predicted octanol–water partition coefficient (Wildman–Crippen LogP) is 2.07. The highest BCUT2D eigenvalue weighted by molar-refractivity contribution is 6.32. The van der Waals surface area contributed by atoms with Crippen molar-refractivity contribution in [2.75, 3.05) is 7.11 Å². The van der Waals surface area contributed by atoms with Crippen LogP contribution in [-0.4, -0.2) is 19.4 Å². The van der Waals surface area contributed by atoms with Crippen LogP contribution in [0.1, 0.15) is 22.3 Å². The van der Waals surface area contributed by atoms with Crippen molar-refractivity contribution < 1.29 is 14.3 Å². The molecule has 0 aliphatic rings. The third-order valence-corrected chi connectivity index (χ3v) is 2.13. The van der Waals surface area contributed by atoms with Crippen molar-refractivity contribution >= 4 is 23.9 Å². The van der Waals surface area contributed by atoms with Crippen molar-refractivity contribution in [3.8, 4) is 11.8 Å². The Bertz CT molecular complexity index is 469. The fourth-order valence-electron chi connectivity index (χ4n) is 0.990. The highest BCUT2D eigenvalue weighted by Crippen LogP contribution is 2.15. The number of esters is 1. The molecule has 0 saturated carbocycles. The highest BCUT2D eigenvalue weighted by atomic mass is 35.5. The summed E-state index contributed by atoms with van der Waals surface area (Å²) in [6, 6.07) is 4.77. The molecule has 0 spiro atoms. The van der Waals surface area contributed by atoms with Crippen LogP contribution in [0.4, 0.5) is 0 Å². The van der Waals surface area contributed by atoms with Gasteiger partial charge in [0.05, 0.1) is 12.1 Å². The van der Waals surface area contributed by atoms with Crippen LogP contribution in [-0.2, 0) is 9.53 Å². The molecule has 0 bridgehead atoms. The minimum absolute atomic E-state index is 0.0161. The second-order valence-electron chi connectivity index (χ2n) is 2.91. The number of hydrogen-bond donors (Lipinski definition) is 0. The minimum Gasteiger partial charge on any atom is -0.468 e. The second kappa shape index (κ2) is 5.94. The maximum atomic E-state index is 10.8. The first-order valence-corrected chi connectivity index (χ1v) is 4.85. The molecule has 4 heteroatoms. The first kappa shape index (κ1) is 12.3. The first-order valence-electron chi connectivity index (χ1n) is 4.47. The maximum Gasteiger partial charge on any atom is 0.317 e. The molecule has 3 nitrogen and oxygen atoms in total. The molecule has 0 aliphatic heterocycles. The standard InChI is InChI=1S/C12H9ClO3/c1-16-12(15)4-2-3-10-6-5-9(8-14)7-11(10)13/h5-8H,4H2,1H3. The third-order valence-electron chi connectivity index (χ3n) is 1.81. The summed E-state index contributed by atoms with van der Waals surface area (Å²) < 4.78 is 4.43. The summed E-state index contributed by atoms with van der Waals surface area (Å²) in [6.45, 7) is 0. The van der Waals surface area contributed by atoms with Crippen LogP contribution in [0.5, 0.6) is 0 Å². The molecule has 1 rings (SSSR count). The van der Waals surface area contributed by atoms with E-state index >= 15 is 0 Å². The monoisotopic (exact) mass is 236 g/mol. The number of benzene rings is 1. The number of hydrogen-bond acceptors (Lipinski definition) is 3. The molecule has 0 aromatic heterocycles. The molecule has 0 atom stereocenters. The van der Waals surface area contributed by atoms with Crippen LogP contribution >= 0.6 is 11.6 Å². The number of rotatable bonds is 2. The van der Waals surface area contributed by atoms with E-state index in [1.165, 1.54) is 13.2 Å². The maximum absolute atomic E-state index is 10.8. The van der Waals surface area contributed by atoms with Gasteiger partial charge in [-0.25, -0.2) is 0 Å². The van der Waals surface area contributed by atoms with Crippen LogP contribution in [0, 0.1) is 11.8 Å². The lowest BCUT2D eigenvalue weighted by molar-refractivity contribution is -0.139. The quantitative estimate of drug-likeness (QED) is 0.449. The predicted molar refractivity (Wildman–Crippen MR) is 60.4 cm³/mol. The normalized spacial score (nSPS) is 8.88. The Morgan fingerprint density at radius 1 is 1.56 bits per heavy atom. The van der Waals surface area contributed by atoms with Gasteiger partial charge in [0, 0.05) is 11.1 Å². The third kappa shape index (κ3) is 3.41. The Kier molecular flexibility index (Phi) is 4.56. The molecule has 82 valence electrons. The average molecular weight is 237 g/mol. The molecule has 0 heterocycles. The highest BCUT2D eigenvalue weighted by Gasteiger charge is 1.99. The van der Waals surface area contributed by atoms with E-state index in [-0.39, 0.29) is 6.42 Å². The van der Waals surface area contributed by atoms with Gasteiger partial charge < -0.3 is 4.74 Å². The number of carbonyl (C=O) groups is 2. The zero-order chi connectivity index (χ0) is 12.0. The van der Waals surface area contributed by atoms with Crippen LogP contribution < -0.4 is 0 Å². The van der Waals surface area contributed by atoms with Gasteiger partial charge in [-0.1, -0.05) is 29.5 Å². The van der Waals surface area contributed by atoms with E-state index in [1.807, 2.05) is 0 Å². The van der Waals surface area contributed by atoms with E-state index in [0.717, 1.165) is 0 Å². The molecule has 0 amide bonds. The molecule has 0 saturated heterocycles. The SMILES string of the molecule is COC(=O)CC#Cc1ccc(C=O)cc1Cl. The van der Waals surface area contributed by atoms with Gasteiger partial charge in [0.1, 0.15) is 12.7 Å². The van der Waals surface area contributed by atoms with Crippen molar-refractivity contribution in [1.29, 1.82) is 0 Å². The van der Waals surface area contributed by atoms with Crippen LogP contribution in [0.15, 0.2) is 18.2 Å². The topological polar surface area (TPSA) is 43.4 Å². The van der Waals surface area contributed by atoms with E-state index in [9.17, 15) is 9.59 Å². The molecular formula is C12H9ClO3. The number of halogens is 1. The van der Waals surface area contributed by atoms with E-state index in [4.69, 9.17) is 11.6 Å². The molecule has 0 unspecified atom stereocenters. The van der Waals surface area contributed by atoms with Crippen molar-refractivity contribution in [3.05, 3.63) is 34.3 Å². The van der Waals surface area contributed by atoms with E-state index in [1.54, 1.807) is 12.1 Å². The summed E-state index contributed by atoms with van der Waals surface area (Å²) >= 11 is 5.88. The number of methoxy groups -OCH3 is 1. The van der Waals surface area contributed by atoms with Gasteiger partial charge in [-0.3, -0.25) is 9.59 Å². The Morgan fingerprint density at radius 2 is 2.31 bits per heavy atom. The summed E-state index contributed by atoms with van der Waals surface area (Å²) in [5.74, 6) is 4.97. The Hall–Kier alpha value is -1.79. The largest absolute Gasteiger partial charge is 0.468 e. The lowest BCUT2D eigenvalue weighted by Crippen LogP contribution is -1.97. The molecule has 0 N–H and O–H groups in total. The number of carbonyl (C=O) groups excluding carboxylic acids is 2. The fraction of sp³-hybridized carbons (Fsp3) is 0.167. The minimum atomic E-state index is -0.395. The van der Waals surface area contributed by atoms with Gasteiger partial charge in [0.15, 0.2) is 0 Å². The molecule has 0 aliphatic carbocycles. The smallest absolute Gasteiger partial charge is 0.317 e. The Labute approximate surface area is 98.4 Å². The van der Waals surface area contributed by atoms with E-state index < -0.39 is 5.97 Å². The fourth-order valence-corrected chi connectivity index (χ4v) is 1.23. The summed E-state index contributed by atoms with van der Waals surface area (Å²) in [6.07, 6.45) is 0.722.